The first kappa shape index (κ1) is 16.4. The summed E-state index contributed by atoms with van der Waals surface area (Å²) in [6.45, 7) is 7.87. The molecule has 0 aromatic rings. The highest BCUT2D eigenvalue weighted by Gasteiger charge is 2.08. The molecule has 4 N–H and O–H groups in total. The van der Waals surface area contributed by atoms with Crippen molar-refractivity contribution in [1.82, 2.24) is 15.5 Å². The van der Waals surface area contributed by atoms with Gasteiger partial charge in [-0.3, -0.25) is 4.90 Å². The molecule has 0 aromatic carbocycles. The zero-order chi connectivity index (χ0) is 14.8. The summed E-state index contributed by atoms with van der Waals surface area (Å²) in [4.78, 5) is 7.02. The Morgan fingerprint density at radius 1 is 1.24 bits per heavy atom. The third kappa shape index (κ3) is 6.55. The van der Waals surface area contributed by atoms with Gasteiger partial charge in [-0.25, -0.2) is 4.99 Å². The Morgan fingerprint density at radius 2 is 2.05 bits per heavy atom. The third-order valence-electron chi connectivity index (χ3n) is 4.00. The molecule has 2 rings (SSSR count). The van der Waals surface area contributed by atoms with Crippen LogP contribution in [0.3, 0.4) is 0 Å². The lowest BCUT2D eigenvalue weighted by molar-refractivity contribution is 0.279. The van der Waals surface area contributed by atoms with Crippen molar-refractivity contribution in [1.29, 1.82) is 0 Å². The van der Waals surface area contributed by atoms with E-state index in [9.17, 15) is 0 Å². The molecule has 2 heterocycles. The normalized spacial score (nSPS) is 26.0. The van der Waals surface area contributed by atoms with Crippen LogP contribution >= 0.6 is 0 Å². The number of fused-ring (bicyclic) bond motifs is 1. The average Bonchev–Trinajstić information content (AvgIpc) is 2.71. The van der Waals surface area contributed by atoms with Gasteiger partial charge in [0.1, 0.15) is 0 Å². The molecule has 5 heteroatoms. The van der Waals surface area contributed by atoms with Gasteiger partial charge in [-0.05, 0) is 38.2 Å². The molecule has 2 aliphatic heterocycles. The Morgan fingerprint density at radius 3 is 2.86 bits per heavy atom. The summed E-state index contributed by atoms with van der Waals surface area (Å²) < 4.78 is 0. The van der Waals surface area contributed by atoms with E-state index in [0.717, 1.165) is 71.6 Å². The smallest absolute Gasteiger partial charge is 0.0640 e. The summed E-state index contributed by atoms with van der Waals surface area (Å²) in [5.74, 6) is 3.24. The van der Waals surface area contributed by atoms with E-state index in [1.807, 2.05) is 0 Å². The molecule has 0 saturated heterocycles. The van der Waals surface area contributed by atoms with Crippen molar-refractivity contribution in [3.05, 3.63) is 17.7 Å². The first-order valence-electron chi connectivity index (χ1n) is 8.20. The number of nitrogens with one attached hydrogen (secondary N) is 2. The highest BCUT2D eigenvalue weighted by molar-refractivity contribution is 5.62. The van der Waals surface area contributed by atoms with Gasteiger partial charge in [0, 0.05) is 44.8 Å². The number of allylic oxidation sites excluding steroid dienone is 1. The second kappa shape index (κ2) is 9.87. The van der Waals surface area contributed by atoms with Crippen molar-refractivity contribution in [2.75, 3.05) is 52.4 Å². The van der Waals surface area contributed by atoms with Crippen molar-refractivity contribution in [2.45, 2.75) is 25.3 Å². The van der Waals surface area contributed by atoms with E-state index in [2.05, 4.69) is 38.5 Å². The summed E-state index contributed by atoms with van der Waals surface area (Å²) in [6.07, 6.45) is 7.55. The van der Waals surface area contributed by atoms with Crippen LogP contribution < -0.4 is 16.4 Å². The van der Waals surface area contributed by atoms with Gasteiger partial charge in [0.15, 0.2) is 0 Å². The molecule has 1 atom stereocenters. The Hall–Kier alpha value is -0.970. The van der Waals surface area contributed by atoms with Gasteiger partial charge in [-0.1, -0.05) is 12.2 Å². The fourth-order valence-electron chi connectivity index (χ4n) is 2.69. The second-order valence-electron chi connectivity index (χ2n) is 5.73. The Kier molecular flexibility index (Phi) is 7.71. The zero-order valence-electron chi connectivity index (χ0n) is 13.0. The van der Waals surface area contributed by atoms with E-state index < -0.39 is 0 Å². The van der Waals surface area contributed by atoms with Crippen molar-refractivity contribution in [3.8, 4) is 0 Å². The molecular formula is C16H29N5. The minimum absolute atomic E-state index is 0.379. The first-order chi connectivity index (χ1) is 10.4. The summed E-state index contributed by atoms with van der Waals surface area (Å²) in [5.41, 5.74) is 6.90. The van der Waals surface area contributed by atoms with Crippen molar-refractivity contribution < 1.29 is 0 Å². The minimum Gasteiger partial charge on any atom is -0.329 e. The lowest BCUT2D eigenvalue weighted by Gasteiger charge is -2.22. The van der Waals surface area contributed by atoms with Gasteiger partial charge in [-0.15, -0.1) is 0 Å². The van der Waals surface area contributed by atoms with E-state index >= 15 is 0 Å². The molecule has 0 saturated carbocycles. The van der Waals surface area contributed by atoms with Crippen LogP contribution in [0.1, 0.15) is 19.3 Å². The number of hydrogen-bond acceptors (Lipinski definition) is 5. The average molecular weight is 291 g/mol. The summed E-state index contributed by atoms with van der Waals surface area (Å²) in [7, 11) is 0. The Bertz CT molecular complexity index is 384. The van der Waals surface area contributed by atoms with Gasteiger partial charge in [0.25, 0.3) is 0 Å². The Balaban J connectivity index is 1.89. The lowest BCUT2D eigenvalue weighted by Crippen LogP contribution is -2.40. The second-order valence-corrected chi connectivity index (χ2v) is 5.73. The van der Waals surface area contributed by atoms with Crippen molar-refractivity contribution >= 4 is 5.87 Å². The van der Waals surface area contributed by atoms with Gasteiger partial charge >= 0.3 is 0 Å². The third-order valence-corrected chi connectivity index (χ3v) is 4.00. The monoisotopic (exact) mass is 291 g/mol. The number of nitrogens with two attached hydrogens (primary N) is 1. The molecule has 118 valence electrons. The predicted molar refractivity (Wildman–Crippen MR) is 89.0 cm³/mol. The van der Waals surface area contributed by atoms with E-state index in [0.29, 0.717) is 6.04 Å². The van der Waals surface area contributed by atoms with E-state index in [1.165, 1.54) is 5.57 Å². The molecule has 0 amide bonds. The maximum absolute atomic E-state index is 5.69. The lowest BCUT2D eigenvalue weighted by atomic mass is 10.1. The van der Waals surface area contributed by atoms with Crippen LogP contribution in [0.25, 0.3) is 0 Å². The standard InChI is InChI=1S/C16H29N5/c17-6-11-21-12-9-18-7-4-15-2-1-3-16(20-14-15)5-8-19-10-13-21/h1-2,16,18-19H,3-13,17H2. The van der Waals surface area contributed by atoms with E-state index in [-0.39, 0.29) is 0 Å². The molecule has 0 radical (unpaired) electrons. The van der Waals surface area contributed by atoms with E-state index in [4.69, 9.17) is 5.73 Å². The quantitative estimate of drug-likeness (QED) is 0.677. The zero-order valence-corrected chi connectivity index (χ0v) is 13.0. The van der Waals surface area contributed by atoms with Crippen LogP contribution in [0.4, 0.5) is 0 Å². The van der Waals surface area contributed by atoms with Crippen LogP contribution in [0.15, 0.2) is 22.7 Å². The molecule has 5 nitrogen and oxygen atoms in total. The predicted octanol–water partition coefficient (Wildman–Crippen LogP) is 0.145. The van der Waals surface area contributed by atoms with Crippen LogP contribution in [-0.4, -0.2) is 69.2 Å². The highest BCUT2D eigenvalue weighted by atomic mass is 15.2. The highest BCUT2D eigenvalue weighted by Crippen LogP contribution is 2.10. The fraction of sp³-hybridized carbons (Fsp3) is 0.750. The molecule has 0 spiro atoms. The maximum atomic E-state index is 5.69. The van der Waals surface area contributed by atoms with Crippen LogP contribution in [0.2, 0.25) is 0 Å². The first-order valence-corrected chi connectivity index (χ1v) is 8.20. The number of hydrogen-bond donors (Lipinski definition) is 3. The molecule has 0 fully saturated rings. The van der Waals surface area contributed by atoms with E-state index in [1.54, 1.807) is 0 Å². The summed E-state index contributed by atoms with van der Waals surface area (Å²) in [6, 6.07) is 0.379. The summed E-state index contributed by atoms with van der Waals surface area (Å²) >= 11 is 0. The number of nitrogens with zero attached hydrogens (tertiary/aromatic N) is 2. The molecule has 2 aliphatic rings. The van der Waals surface area contributed by atoms with Gasteiger partial charge in [0.05, 0.1) is 6.04 Å². The maximum Gasteiger partial charge on any atom is 0.0640 e. The van der Waals surface area contributed by atoms with Gasteiger partial charge < -0.3 is 16.4 Å². The van der Waals surface area contributed by atoms with Crippen LogP contribution in [0.5, 0.6) is 0 Å². The van der Waals surface area contributed by atoms with Crippen LogP contribution in [0, 0.1) is 0 Å². The fourth-order valence-corrected chi connectivity index (χ4v) is 2.69. The number of rotatable bonds is 2. The number of aliphatic imine (C=N–C) groups is 1. The molecule has 2 bridgehead atoms. The molecule has 0 aliphatic carbocycles. The molecular weight excluding hydrogens is 262 g/mol. The van der Waals surface area contributed by atoms with Crippen LogP contribution in [-0.2, 0) is 0 Å². The molecule has 21 heavy (non-hydrogen) atoms. The molecule has 1 unspecified atom stereocenters. The summed E-state index contributed by atoms with van der Waals surface area (Å²) in [5, 5.41) is 7.03. The largest absolute Gasteiger partial charge is 0.329 e. The SMILES string of the molecule is NCCN1CCNCCC2=C=NC(CC=C2)CCNCC1. The Labute approximate surface area is 128 Å². The van der Waals surface area contributed by atoms with Crippen molar-refractivity contribution in [3.63, 3.8) is 0 Å². The van der Waals surface area contributed by atoms with Gasteiger partial charge in [0.2, 0.25) is 0 Å². The van der Waals surface area contributed by atoms with Crippen molar-refractivity contribution in [2.24, 2.45) is 10.7 Å². The molecule has 0 aromatic heterocycles. The minimum atomic E-state index is 0.379. The topological polar surface area (TPSA) is 65.7 Å². The van der Waals surface area contributed by atoms with Gasteiger partial charge in [-0.2, -0.15) is 0 Å².